The van der Waals surface area contributed by atoms with E-state index in [2.05, 4.69) is 5.32 Å². The minimum absolute atomic E-state index is 0.00717. The van der Waals surface area contributed by atoms with Crippen LogP contribution in [0.15, 0.2) is 42.5 Å². The SMILES string of the molecule is COc1ccc(CCN(C)CC(=O)N[C@H](C)c2ccc(Cl)cc2)cc1OC. The molecule has 0 aliphatic carbocycles. The van der Waals surface area contributed by atoms with E-state index in [9.17, 15) is 4.79 Å². The first-order valence-electron chi connectivity index (χ1n) is 8.87. The normalized spacial score (nSPS) is 11.9. The van der Waals surface area contributed by atoms with E-state index in [1.807, 2.05) is 61.3 Å². The van der Waals surface area contributed by atoms with Gasteiger partial charge in [-0.1, -0.05) is 29.8 Å². The molecule has 5 nitrogen and oxygen atoms in total. The van der Waals surface area contributed by atoms with Crippen LogP contribution in [0.2, 0.25) is 5.02 Å². The van der Waals surface area contributed by atoms with E-state index in [0.29, 0.717) is 23.1 Å². The second-order valence-electron chi connectivity index (χ2n) is 6.52. The summed E-state index contributed by atoms with van der Waals surface area (Å²) < 4.78 is 10.6. The third-order valence-corrected chi connectivity index (χ3v) is 4.64. The Balaban J connectivity index is 1.81. The van der Waals surface area contributed by atoms with E-state index >= 15 is 0 Å². The van der Waals surface area contributed by atoms with Gasteiger partial charge in [0.2, 0.25) is 5.91 Å². The van der Waals surface area contributed by atoms with E-state index in [1.165, 1.54) is 0 Å². The third kappa shape index (κ3) is 6.45. The lowest BCUT2D eigenvalue weighted by atomic mass is 10.1. The molecule has 1 N–H and O–H groups in total. The number of halogens is 1. The van der Waals surface area contributed by atoms with E-state index in [1.54, 1.807) is 14.2 Å². The van der Waals surface area contributed by atoms with E-state index < -0.39 is 0 Å². The fraction of sp³-hybridized carbons (Fsp3) is 0.381. The van der Waals surface area contributed by atoms with Crippen LogP contribution in [0.25, 0.3) is 0 Å². The summed E-state index contributed by atoms with van der Waals surface area (Å²) in [6.07, 6.45) is 0.816. The van der Waals surface area contributed by atoms with Gasteiger partial charge in [0.15, 0.2) is 11.5 Å². The summed E-state index contributed by atoms with van der Waals surface area (Å²) in [5, 5.41) is 3.71. The van der Waals surface area contributed by atoms with Gasteiger partial charge in [0.25, 0.3) is 0 Å². The van der Waals surface area contributed by atoms with Gasteiger partial charge in [-0.15, -0.1) is 0 Å². The van der Waals surface area contributed by atoms with Crippen LogP contribution in [-0.4, -0.2) is 45.2 Å². The summed E-state index contributed by atoms with van der Waals surface area (Å²) in [4.78, 5) is 14.3. The number of carbonyl (C=O) groups is 1. The highest BCUT2D eigenvalue weighted by atomic mass is 35.5. The smallest absolute Gasteiger partial charge is 0.234 e. The Hall–Kier alpha value is -2.24. The summed E-state index contributed by atoms with van der Waals surface area (Å²) >= 11 is 5.90. The van der Waals surface area contributed by atoms with Crippen LogP contribution in [0.1, 0.15) is 24.1 Å². The van der Waals surface area contributed by atoms with Crippen molar-refractivity contribution < 1.29 is 14.3 Å². The molecule has 0 aliphatic heterocycles. The molecule has 0 spiro atoms. The maximum atomic E-state index is 12.3. The standard InChI is InChI=1S/C21H27ClN2O3/c1-15(17-6-8-18(22)9-7-17)23-21(25)14-24(2)12-11-16-5-10-19(26-3)20(13-16)27-4/h5-10,13,15H,11-12,14H2,1-4H3,(H,23,25)/t15-/m1/s1. The van der Waals surface area contributed by atoms with Gasteiger partial charge in [0, 0.05) is 11.6 Å². The molecule has 146 valence electrons. The number of nitrogens with zero attached hydrogens (tertiary/aromatic N) is 1. The maximum absolute atomic E-state index is 12.3. The molecule has 2 rings (SSSR count). The Kier molecular flexibility index (Phi) is 7.95. The number of nitrogens with one attached hydrogen (secondary N) is 1. The van der Waals surface area contributed by atoms with Gasteiger partial charge in [0.05, 0.1) is 26.8 Å². The third-order valence-electron chi connectivity index (χ3n) is 4.39. The Labute approximate surface area is 166 Å². The maximum Gasteiger partial charge on any atom is 0.234 e. The Morgan fingerprint density at radius 3 is 2.41 bits per heavy atom. The highest BCUT2D eigenvalue weighted by Gasteiger charge is 2.12. The monoisotopic (exact) mass is 390 g/mol. The first kappa shape index (κ1) is 21.1. The van der Waals surface area contributed by atoms with Gasteiger partial charge in [-0.25, -0.2) is 0 Å². The van der Waals surface area contributed by atoms with Gasteiger partial charge in [-0.05, 0) is 55.8 Å². The van der Waals surface area contributed by atoms with Crippen molar-refractivity contribution in [3.63, 3.8) is 0 Å². The van der Waals surface area contributed by atoms with Crippen molar-refractivity contribution in [3.8, 4) is 11.5 Å². The minimum Gasteiger partial charge on any atom is -0.493 e. The van der Waals surface area contributed by atoms with E-state index in [4.69, 9.17) is 21.1 Å². The van der Waals surface area contributed by atoms with Crippen molar-refractivity contribution in [1.82, 2.24) is 10.2 Å². The zero-order valence-electron chi connectivity index (χ0n) is 16.3. The number of hydrogen-bond acceptors (Lipinski definition) is 4. The molecule has 0 saturated heterocycles. The summed E-state index contributed by atoms with van der Waals surface area (Å²) in [6, 6.07) is 13.3. The van der Waals surface area contributed by atoms with Crippen LogP contribution in [0.5, 0.6) is 11.5 Å². The molecule has 2 aromatic carbocycles. The van der Waals surface area contributed by atoms with Crippen molar-refractivity contribution in [2.24, 2.45) is 0 Å². The quantitative estimate of drug-likeness (QED) is 0.709. The predicted molar refractivity (Wildman–Crippen MR) is 109 cm³/mol. The van der Waals surface area contributed by atoms with Crippen LogP contribution in [-0.2, 0) is 11.2 Å². The Morgan fingerprint density at radius 1 is 1.11 bits per heavy atom. The lowest BCUT2D eigenvalue weighted by Crippen LogP contribution is -2.37. The average Bonchev–Trinajstić information content (AvgIpc) is 2.66. The van der Waals surface area contributed by atoms with Gasteiger partial charge < -0.3 is 14.8 Å². The largest absolute Gasteiger partial charge is 0.493 e. The van der Waals surface area contributed by atoms with Crippen LogP contribution >= 0.6 is 11.6 Å². The number of likely N-dealkylation sites (N-methyl/N-ethyl adjacent to an activating group) is 1. The van der Waals surface area contributed by atoms with Gasteiger partial charge in [-0.2, -0.15) is 0 Å². The Morgan fingerprint density at radius 2 is 1.78 bits per heavy atom. The molecule has 0 heterocycles. The lowest BCUT2D eigenvalue weighted by molar-refractivity contribution is -0.122. The second kappa shape index (κ2) is 10.2. The lowest BCUT2D eigenvalue weighted by Gasteiger charge is -2.19. The topological polar surface area (TPSA) is 50.8 Å². The predicted octanol–water partition coefficient (Wildman–Crippen LogP) is 3.71. The fourth-order valence-electron chi connectivity index (χ4n) is 2.80. The number of hydrogen-bond donors (Lipinski definition) is 1. The molecule has 0 unspecified atom stereocenters. The number of benzene rings is 2. The number of ether oxygens (including phenoxy) is 2. The molecule has 6 heteroatoms. The molecule has 0 aliphatic rings. The van der Waals surface area contributed by atoms with Crippen molar-refractivity contribution in [2.75, 3.05) is 34.4 Å². The first-order chi connectivity index (χ1) is 12.9. The zero-order valence-corrected chi connectivity index (χ0v) is 17.0. The zero-order chi connectivity index (χ0) is 19.8. The molecular formula is C21H27ClN2O3. The molecule has 0 radical (unpaired) electrons. The molecule has 1 atom stereocenters. The van der Waals surface area contributed by atoms with Gasteiger partial charge in [-0.3, -0.25) is 9.69 Å². The van der Waals surface area contributed by atoms with Crippen molar-refractivity contribution in [2.45, 2.75) is 19.4 Å². The Bertz CT molecular complexity index is 750. The highest BCUT2D eigenvalue weighted by molar-refractivity contribution is 6.30. The van der Waals surface area contributed by atoms with E-state index in [0.717, 1.165) is 24.1 Å². The summed E-state index contributed by atoms with van der Waals surface area (Å²) in [5.74, 6) is 1.42. The summed E-state index contributed by atoms with van der Waals surface area (Å²) in [6.45, 7) is 3.06. The first-order valence-corrected chi connectivity index (χ1v) is 9.25. The van der Waals surface area contributed by atoms with Gasteiger partial charge >= 0.3 is 0 Å². The molecule has 2 aromatic rings. The molecule has 0 saturated carbocycles. The van der Waals surface area contributed by atoms with Gasteiger partial charge in [0.1, 0.15) is 0 Å². The number of amides is 1. The average molecular weight is 391 g/mol. The number of methoxy groups -OCH3 is 2. The molecular weight excluding hydrogens is 364 g/mol. The molecule has 0 fully saturated rings. The number of rotatable bonds is 9. The van der Waals surface area contributed by atoms with Crippen LogP contribution in [0.4, 0.5) is 0 Å². The van der Waals surface area contributed by atoms with Crippen molar-refractivity contribution >= 4 is 17.5 Å². The molecule has 27 heavy (non-hydrogen) atoms. The van der Waals surface area contributed by atoms with Crippen molar-refractivity contribution in [3.05, 3.63) is 58.6 Å². The summed E-state index contributed by atoms with van der Waals surface area (Å²) in [5.41, 5.74) is 2.16. The van der Waals surface area contributed by atoms with Crippen LogP contribution in [0.3, 0.4) is 0 Å². The molecule has 0 aromatic heterocycles. The van der Waals surface area contributed by atoms with Crippen LogP contribution < -0.4 is 14.8 Å². The molecule has 1 amide bonds. The van der Waals surface area contributed by atoms with Crippen LogP contribution in [0, 0.1) is 0 Å². The van der Waals surface area contributed by atoms with Crippen molar-refractivity contribution in [1.29, 1.82) is 0 Å². The fourth-order valence-corrected chi connectivity index (χ4v) is 2.93. The highest BCUT2D eigenvalue weighted by Crippen LogP contribution is 2.27. The number of carbonyl (C=O) groups excluding carboxylic acids is 1. The summed E-state index contributed by atoms with van der Waals surface area (Å²) in [7, 11) is 5.18. The second-order valence-corrected chi connectivity index (χ2v) is 6.95. The van der Waals surface area contributed by atoms with E-state index in [-0.39, 0.29) is 11.9 Å². The minimum atomic E-state index is -0.0611. The molecule has 0 bridgehead atoms.